The molecule has 112 valence electrons. The van der Waals surface area contributed by atoms with Gasteiger partial charge in [-0.3, -0.25) is 30.2 Å². The van der Waals surface area contributed by atoms with E-state index in [4.69, 9.17) is 5.11 Å². The van der Waals surface area contributed by atoms with Gasteiger partial charge in [-0.15, -0.1) is 0 Å². The van der Waals surface area contributed by atoms with Gasteiger partial charge in [0.1, 0.15) is 5.69 Å². The van der Waals surface area contributed by atoms with E-state index in [9.17, 15) is 14.4 Å². The van der Waals surface area contributed by atoms with Gasteiger partial charge in [0.05, 0.1) is 5.92 Å². The smallest absolute Gasteiger partial charge is 0.306 e. The number of aromatic nitrogens is 1. The molecule has 2 amide bonds. The van der Waals surface area contributed by atoms with Crippen LogP contribution in [0.5, 0.6) is 0 Å². The SMILES string of the molecule is O=C(NNC(=O)C1CCC(C(=O)O)CC1)c1ccccn1. The third-order valence-electron chi connectivity index (χ3n) is 3.64. The minimum atomic E-state index is -0.808. The third kappa shape index (κ3) is 4.01. The molecule has 0 radical (unpaired) electrons. The molecule has 1 aliphatic rings. The Bertz CT molecular complexity index is 524. The Kier molecular flexibility index (Phi) is 4.86. The molecule has 21 heavy (non-hydrogen) atoms. The molecule has 0 atom stereocenters. The van der Waals surface area contributed by atoms with Crippen LogP contribution in [-0.2, 0) is 9.59 Å². The number of carbonyl (C=O) groups is 3. The van der Waals surface area contributed by atoms with Gasteiger partial charge in [0.25, 0.3) is 5.91 Å². The summed E-state index contributed by atoms with van der Waals surface area (Å²) in [4.78, 5) is 38.3. The highest BCUT2D eigenvalue weighted by Crippen LogP contribution is 2.28. The molecule has 0 bridgehead atoms. The van der Waals surface area contributed by atoms with Crippen molar-refractivity contribution in [1.82, 2.24) is 15.8 Å². The molecule has 3 N–H and O–H groups in total. The van der Waals surface area contributed by atoms with Crippen molar-refractivity contribution in [2.45, 2.75) is 25.7 Å². The van der Waals surface area contributed by atoms with Crippen LogP contribution in [0.2, 0.25) is 0 Å². The molecule has 1 aromatic rings. The van der Waals surface area contributed by atoms with Crippen LogP contribution < -0.4 is 10.9 Å². The average Bonchev–Trinajstić information content (AvgIpc) is 2.53. The first-order chi connectivity index (χ1) is 10.1. The summed E-state index contributed by atoms with van der Waals surface area (Å²) in [6.07, 6.45) is 3.50. The van der Waals surface area contributed by atoms with Crippen molar-refractivity contribution in [3.8, 4) is 0 Å². The van der Waals surface area contributed by atoms with Crippen molar-refractivity contribution in [1.29, 1.82) is 0 Å². The molecule has 0 aromatic carbocycles. The molecule has 0 spiro atoms. The molecule has 7 nitrogen and oxygen atoms in total. The number of nitrogens with zero attached hydrogens (tertiary/aromatic N) is 1. The maximum Gasteiger partial charge on any atom is 0.306 e. The summed E-state index contributed by atoms with van der Waals surface area (Å²) >= 11 is 0. The minimum Gasteiger partial charge on any atom is -0.481 e. The van der Waals surface area contributed by atoms with Crippen molar-refractivity contribution < 1.29 is 19.5 Å². The number of hydrazine groups is 1. The van der Waals surface area contributed by atoms with Gasteiger partial charge in [0, 0.05) is 12.1 Å². The highest BCUT2D eigenvalue weighted by atomic mass is 16.4. The number of pyridine rings is 1. The van der Waals surface area contributed by atoms with E-state index in [1.807, 2.05) is 0 Å². The predicted octanol–water partition coefficient (Wildman–Crippen LogP) is 0.734. The maximum atomic E-state index is 11.9. The molecular formula is C14H17N3O4. The highest BCUT2D eigenvalue weighted by molar-refractivity contribution is 5.93. The van der Waals surface area contributed by atoms with Gasteiger partial charge in [0.15, 0.2) is 0 Å². The average molecular weight is 291 g/mol. The van der Waals surface area contributed by atoms with Gasteiger partial charge >= 0.3 is 5.97 Å². The van der Waals surface area contributed by atoms with Crippen LogP contribution in [-0.4, -0.2) is 27.9 Å². The van der Waals surface area contributed by atoms with Crippen molar-refractivity contribution in [3.63, 3.8) is 0 Å². The lowest BCUT2D eigenvalue weighted by atomic mass is 9.82. The van der Waals surface area contributed by atoms with Crippen LogP contribution in [0.25, 0.3) is 0 Å². The number of amides is 2. The number of hydrogen-bond donors (Lipinski definition) is 3. The van der Waals surface area contributed by atoms with E-state index in [1.165, 1.54) is 6.20 Å². The first kappa shape index (κ1) is 15.0. The minimum absolute atomic E-state index is 0.215. The van der Waals surface area contributed by atoms with Crippen LogP contribution in [0.4, 0.5) is 0 Å². The Labute approximate surface area is 121 Å². The van der Waals surface area contributed by atoms with Crippen LogP contribution in [0, 0.1) is 11.8 Å². The van der Waals surface area contributed by atoms with Gasteiger partial charge in [-0.1, -0.05) is 6.07 Å². The lowest BCUT2D eigenvalue weighted by Gasteiger charge is -2.25. The zero-order chi connectivity index (χ0) is 15.2. The lowest BCUT2D eigenvalue weighted by molar-refractivity contribution is -0.144. The first-order valence-corrected chi connectivity index (χ1v) is 6.82. The van der Waals surface area contributed by atoms with Gasteiger partial charge in [-0.2, -0.15) is 0 Å². The second-order valence-corrected chi connectivity index (χ2v) is 5.05. The van der Waals surface area contributed by atoms with E-state index in [0.717, 1.165) is 0 Å². The Balaban J connectivity index is 1.78. The van der Waals surface area contributed by atoms with Crippen molar-refractivity contribution >= 4 is 17.8 Å². The number of nitrogens with one attached hydrogen (secondary N) is 2. The fourth-order valence-electron chi connectivity index (χ4n) is 2.38. The third-order valence-corrected chi connectivity index (χ3v) is 3.64. The predicted molar refractivity (Wildman–Crippen MR) is 72.9 cm³/mol. The Morgan fingerprint density at radius 1 is 1.05 bits per heavy atom. The molecule has 0 aliphatic heterocycles. The Morgan fingerprint density at radius 2 is 1.71 bits per heavy atom. The molecular weight excluding hydrogens is 274 g/mol. The largest absolute Gasteiger partial charge is 0.481 e. The molecule has 0 unspecified atom stereocenters. The number of aliphatic carboxylic acids is 1. The first-order valence-electron chi connectivity index (χ1n) is 6.82. The second-order valence-electron chi connectivity index (χ2n) is 5.05. The summed E-state index contributed by atoms with van der Waals surface area (Å²) < 4.78 is 0. The van der Waals surface area contributed by atoms with Crippen LogP contribution >= 0.6 is 0 Å². The Hall–Kier alpha value is -2.44. The fourth-order valence-corrected chi connectivity index (χ4v) is 2.38. The maximum absolute atomic E-state index is 11.9. The van der Waals surface area contributed by atoms with E-state index in [1.54, 1.807) is 18.2 Å². The molecule has 1 aromatic heterocycles. The van der Waals surface area contributed by atoms with Crippen LogP contribution in [0.1, 0.15) is 36.2 Å². The van der Waals surface area contributed by atoms with Crippen LogP contribution in [0.3, 0.4) is 0 Å². The summed E-state index contributed by atoms with van der Waals surface area (Å²) in [6, 6.07) is 4.91. The Morgan fingerprint density at radius 3 is 2.29 bits per heavy atom. The summed E-state index contributed by atoms with van der Waals surface area (Å²) in [5.41, 5.74) is 4.90. The van der Waals surface area contributed by atoms with Crippen molar-refractivity contribution in [2.75, 3.05) is 0 Å². The summed E-state index contributed by atoms with van der Waals surface area (Å²) in [5, 5.41) is 8.90. The van der Waals surface area contributed by atoms with Gasteiger partial charge in [0.2, 0.25) is 5.91 Å². The quantitative estimate of drug-likeness (QED) is 0.712. The van der Waals surface area contributed by atoms with E-state index in [2.05, 4.69) is 15.8 Å². The number of carboxylic acids is 1. The van der Waals surface area contributed by atoms with Gasteiger partial charge < -0.3 is 5.11 Å². The van der Waals surface area contributed by atoms with E-state index >= 15 is 0 Å². The van der Waals surface area contributed by atoms with Crippen molar-refractivity contribution in [2.24, 2.45) is 11.8 Å². The van der Waals surface area contributed by atoms with Crippen LogP contribution in [0.15, 0.2) is 24.4 Å². The topological polar surface area (TPSA) is 108 Å². The summed E-state index contributed by atoms with van der Waals surface area (Å²) in [7, 11) is 0. The van der Waals surface area contributed by atoms with E-state index in [0.29, 0.717) is 25.7 Å². The summed E-state index contributed by atoms with van der Waals surface area (Å²) in [5.74, 6) is -2.20. The van der Waals surface area contributed by atoms with Gasteiger partial charge in [-0.25, -0.2) is 0 Å². The fraction of sp³-hybridized carbons (Fsp3) is 0.429. The normalized spacial score (nSPS) is 21.3. The monoisotopic (exact) mass is 291 g/mol. The van der Waals surface area contributed by atoms with E-state index < -0.39 is 11.9 Å². The highest BCUT2D eigenvalue weighted by Gasteiger charge is 2.29. The molecule has 1 aliphatic carbocycles. The second kappa shape index (κ2) is 6.83. The zero-order valence-corrected chi connectivity index (χ0v) is 11.4. The molecule has 2 rings (SSSR count). The van der Waals surface area contributed by atoms with Crippen molar-refractivity contribution in [3.05, 3.63) is 30.1 Å². The standard InChI is InChI=1S/C14H17N3O4/c18-12(9-4-6-10(7-5-9)14(20)21)16-17-13(19)11-3-1-2-8-15-11/h1-3,8-10H,4-7H2,(H,16,18)(H,17,19)(H,20,21). The number of carboxylic acid groups (broad SMARTS) is 1. The van der Waals surface area contributed by atoms with Gasteiger partial charge in [-0.05, 0) is 37.8 Å². The molecule has 1 saturated carbocycles. The van der Waals surface area contributed by atoms with E-state index in [-0.39, 0.29) is 23.4 Å². The number of carbonyl (C=O) groups excluding carboxylic acids is 2. The molecule has 1 fully saturated rings. The lowest BCUT2D eigenvalue weighted by Crippen LogP contribution is -2.45. The molecule has 1 heterocycles. The number of rotatable bonds is 3. The molecule has 7 heteroatoms. The number of hydrogen-bond acceptors (Lipinski definition) is 4. The zero-order valence-electron chi connectivity index (χ0n) is 11.4. The summed E-state index contributed by atoms with van der Waals surface area (Å²) in [6.45, 7) is 0. The molecule has 0 saturated heterocycles.